The number of benzene rings is 3. The fourth-order valence-corrected chi connectivity index (χ4v) is 4.58. The van der Waals surface area contributed by atoms with Crippen LogP contribution in [0.15, 0.2) is 60.7 Å². The smallest absolute Gasteiger partial charge is 0.345 e. The minimum atomic E-state index is -5.14. The maximum absolute atomic E-state index is 11.7. The standard InChI is InChI=1S/C16H13NO7.C8H10AsNO5/c1-22-15(18)10-4-3-5-11(8-10)24-12-6-7-14(17(20)21)13(9-12)16(19)23-2;1-5(11)10-8-6(9(13,14)15)3-2-4-7(8)12/h3-9H,1-2H3;2-4,12H,1H3,(H,10,11)(H2,13,14,15). The third kappa shape index (κ3) is 8.43. The summed E-state index contributed by atoms with van der Waals surface area (Å²) in [5.41, 5.74) is -0.566. The molecule has 0 aliphatic rings. The van der Waals surface area contributed by atoms with E-state index >= 15 is 0 Å². The van der Waals surface area contributed by atoms with Crippen molar-refractivity contribution in [2.45, 2.75) is 6.92 Å². The Balaban J connectivity index is 0.000000306. The Hall–Kier alpha value is -4.65. The van der Waals surface area contributed by atoms with Crippen LogP contribution in [0.3, 0.4) is 0 Å². The molecule has 0 aliphatic heterocycles. The number of para-hydroxylation sites is 1. The van der Waals surface area contributed by atoms with Gasteiger partial charge in [0.1, 0.15) is 17.1 Å². The van der Waals surface area contributed by atoms with Gasteiger partial charge >= 0.3 is 100 Å². The number of nitro benzene ring substituents is 1. The van der Waals surface area contributed by atoms with Crippen LogP contribution in [-0.4, -0.2) is 64.5 Å². The van der Waals surface area contributed by atoms with Gasteiger partial charge in [0, 0.05) is 12.1 Å². The van der Waals surface area contributed by atoms with E-state index in [1.807, 2.05) is 0 Å². The minimum absolute atomic E-state index is 0.183. The van der Waals surface area contributed by atoms with Gasteiger partial charge in [-0.3, -0.25) is 10.1 Å². The molecule has 4 N–H and O–H groups in total. The fraction of sp³-hybridized carbons (Fsp3) is 0.125. The molecule has 0 unspecified atom stereocenters. The number of carbonyl (C=O) groups excluding carboxylic acids is 3. The van der Waals surface area contributed by atoms with Crippen LogP contribution in [0.1, 0.15) is 27.6 Å². The number of ether oxygens (including phenoxy) is 3. The second-order valence-electron chi connectivity index (χ2n) is 7.45. The van der Waals surface area contributed by atoms with Gasteiger partial charge in [0.05, 0.1) is 24.7 Å². The Kier molecular flexibility index (Phi) is 10.4. The van der Waals surface area contributed by atoms with Crippen molar-refractivity contribution < 1.29 is 50.6 Å². The zero-order chi connectivity index (χ0) is 29.3. The molecule has 14 nitrogen and oxygen atoms in total. The van der Waals surface area contributed by atoms with Crippen LogP contribution in [0.5, 0.6) is 17.2 Å². The summed E-state index contributed by atoms with van der Waals surface area (Å²) in [5, 5.41) is 22.5. The number of phenols is 1. The molecule has 0 saturated carbocycles. The predicted octanol–water partition coefficient (Wildman–Crippen LogP) is 1.87. The molecule has 0 aromatic heterocycles. The van der Waals surface area contributed by atoms with Gasteiger partial charge in [0.15, 0.2) is 0 Å². The quantitative estimate of drug-likeness (QED) is 0.0998. The largest absolute Gasteiger partial charge is 0.465 e. The number of amides is 1. The van der Waals surface area contributed by atoms with E-state index in [-0.39, 0.29) is 32.7 Å². The number of hydrogen-bond donors (Lipinski definition) is 4. The maximum Gasteiger partial charge on any atom is 0.345 e. The summed E-state index contributed by atoms with van der Waals surface area (Å²) in [6.07, 6.45) is 0. The van der Waals surface area contributed by atoms with Gasteiger partial charge < -0.3 is 14.2 Å². The van der Waals surface area contributed by atoms with Crippen molar-refractivity contribution in [3.05, 3.63) is 81.9 Å². The number of nitrogens with zero attached hydrogens (tertiary/aromatic N) is 1. The van der Waals surface area contributed by atoms with E-state index in [0.29, 0.717) is 5.75 Å². The third-order valence-electron chi connectivity index (χ3n) is 4.70. The molecule has 3 aromatic rings. The van der Waals surface area contributed by atoms with Gasteiger partial charge in [-0.25, -0.2) is 9.59 Å². The maximum atomic E-state index is 11.7. The number of anilines is 1. The molecule has 15 heteroatoms. The third-order valence-corrected chi connectivity index (χ3v) is 6.79. The molecule has 0 atom stereocenters. The number of rotatable bonds is 7. The first-order chi connectivity index (χ1) is 18.3. The average Bonchev–Trinajstić information content (AvgIpc) is 2.88. The van der Waals surface area contributed by atoms with E-state index in [1.165, 1.54) is 50.4 Å². The second-order valence-corrected chi connectivity index (χ2v) is 10.7. The number of nitro groups is 1. The van der Waals surface area contributed by atoms with Crippen LogP contribution >= 0.6 is 0 Å². The Morgan fingerprint density at radius 1 is 0.923 bits per heavy atom. The summed E-state index contributed by atoms with van der Waals surface area (Å²) >= 11 is -5.14. The summed E-state index contributed by atoms with van der Waals surface area (Å²) in [7, 11) is 2.38. The molecule has 0 fully saturated rings. The predicted molar refractivity (Wildman–Crippen MR) is 135 cm³/mol. The monoisotopic (exact) mass is 606 g/mol. The van der Waals surface area contributed by atoms with Gasteiger partial charge in [0.2, 0.25) is 0 Å². The number of phenolic OH excluding ortho intramolecular Hbond substituents is 1. The average molecular weight is 606 g/mol. The van der Waals surface area contributed by atoms with Crippen molar-refractivity contribution >= 4 is 47.7 Å². The molecule has 206 valence electrons. The van der Waals surface area contributed by atoms with Crippen LogP contribution in [0.25, 0.3) is 0 Å². The molecule has 3 aromatic carbocycles. The molecule has 0 bridgehead atoms. The normalized spacial score (nSPS) is 10.4. The number of esters is 2. The second kappa shape index (κ2) is 13.2. The molecular weight excluding hydrogens is 583 g/mol. The van der Waals surface area contributed by atoms with Crippen LogP contribution in [0.4, 0.5) is 11.4 Å². The Morgan fingerprint density at radius 3 is 2.10 bits per heavy atom. The molecule has 0 saturated heterocycles. The molecule has 3 rings (SSSR count). The van der Waals surface area contributed by atoms with Crippen LogP contribution < -0.4 is 14.4 Å². The first-order valence-corrected chi connectivity index (χ1v) is 14.1. The SMILES string of the molecule is CC(=O)Nc1c(O)cccc1[As](=O)(O)O.COC(=O)c1cccc(Oc2ccc([N+](=O)[O-])c(C(=O)OC)c2)c1. The van der Waals surface area contributed by atoms with E-state index in [0.717, 1.165) is 13.2 Å². The van der Waals surface area contributed by atoms with Crippen molar-refractivity contribution in [1.82, 2.24) is 0 Å². The van der Waals surface area contributed by atoms with E-state index < -0.39 is 42.6 Å². The summed E-state index contributed by atoms with van der Waals surface area (Å²) in [5.74, 6) is -1.77. The fourth-order valence-electron chi connectivity index (χ4n) is 3.03. The van der Waals surface area contributed by atoms with Crippen molar-refractivity contribution in [2.75, 3.05) is 19.5 Å². The molecule has 0 aliphatic carbocycles. The van der Waals surface area contributed by atoms with Gasteiger partial charge in [0.25, 0.3) is 5.69 Å². The Bertz CT molecular complexity index is 1450. The van der Waals surface area contributed by atoms with Crippen molar-refractivity contribution in [2.24, 2.45) is 0 Å². The van der Waals surface area contributed by atoms with E-state index in [9.17, 15) is 33.3 Å². The van der Waals surface area contributed by atoms with E-state index in [2.05, 4.69) is 14.8 Å². The van der Waals surface area contributed by atoms with Crippen molar-refractivity contribution in [3.8, 4) is 17.2 Å². The topological polar surface area (TPSA) is 212 Å². The van der Waals surface area contributed by atoms with Crippen molar-refractivity contribution in [3.63, 3.8) is 0 Å². The first-order valence-electron chi connectivity index (χ1n) is 10.7. The zero-order valence-corrected chi connectivity index (χ0v) is 22.6. The van der Waals surface area contributed by atoms with Gasteiger partial charge in [-0.2, -0.15) is 0 Å². The summed E-state index contributed by atoms with van der Waals surface area (Å²) in [6.45, 7) is 1.18. The molecule has 0 spiro atoms. The minimum Gasteiger partial charge on any atom is -0.465 e. The molecule has 0 heterocycles. The van der Waals surface area contributed by atoms with Crippen LogP contribution in [-0.2, 0) is 18.0 Å². The molecule has 0 radical (unpaired) electrons. The van der Waals surface area contributed by atoms with Crippen LogP contribution in [0, 0.1) is 10.1 Å². The Labute approximate surface area is 223 Å². The van der Waals surface area contributed by atoms with Crippen LogP contribution in [0.2, 0.25) is 0 Å². The van der Waals surface area contributed by atoms with Gasteiger partial charge in [-0.05, 0) is 24.3 Å². The number of nitrogens with one attached hydrogen (secondary N) is 1. The molecular formula is C24H23AsN2O12. The van der Waals surface area contributed by atoms with Crippen molar-refractivity contribution in [1.29, 1.82) is 0 Å². The number of carbonyl (C=O) groups is 3. The summed E-state index contributed by atoms with van der Waals surface area (Å²) in [6, 6.07) is 13.6. The first kappa shape index (κ1) is 30.6. The number of hydrogen-bond acceptors (Lipinski definition) is 10. The van der Waals surface area contributed by atoms with Gasteiger partial charge in [-0.15, -0.1) is 0 Å². The Morgan fingerprint density at radius 2 is 1.54 bits per heavy atom. The summed E-state index contributed by atoms with van der Waals surface area (Å²) in [4.78, 5) is 44.2. The molecule has 39 heavy (non-hydrogen) atoms. The van der Waals surface area contributed by atoms with Gasteiger partial charge in [-0.1, -0.05) is 6.07 Å². The van der Waals surface area contributed by atoms with E-state index in [4.69, 9.17) is 12.9 Å². The summed E-state index contributed by atoms with van der Waals surface area (Å²) < 4.78 is 43.5. The number of aromatic hydroxyl groups is 1. The molecule has 1 amide bonds. The number of methoxy groups -OCH3 is 2. The van der Waals surface area contributed by atoms with E-state index in [1.54, 1.807) is 18.2 Å². The zero-order valence-electron chi connectivity index (χ0n) is 20.7.